The van der Waals surface area contributed by atoms with Crippen LogP contribution in [0.4, 0.5) is 0 Å². The smallest absolute Gasteiger partial charge is 0.193 e. The molecular formula is C6H13N7. The van der Waals surface area contributed by atoms with Gasteiger partial charge in [-0.2, -0.15) is 4.80 Å². The molecule has 0 aliphatic carbocycles. The molecule has 72 valence electrons. The van der Waals surface area contributed by atoms with Crippen LogP contribution in [0, 0.1) is 0 Å². The van der Waals surface area contributed by atoms with Crippen LogP contribution in [0.2, 0.25) is 0 Å². The van der Waals surface area contributed by atoms with Crippen LogP contribution in [0.1, 0.15) is 5.82 Å². The number of hydrogen-bond acceptors (Lipinski definition) is 4. The summed E-state index contributed by atoms with van der Waals surface area (Å²) in [5, 5.41) is 17.4. The number of rotatable bonds is 2. The van der Waals surface area contributed by atoms with Gasteiger partial charge in [-0.15, -0.1) is 10.2 Å². The molecule has 1 rings (SSSR count). The van der Waals surface area contributed by atoms with Gasteiger partial charge in [0.1, 0.15) is 0 Å². The molecule has 0 fully saturated rings. The van der Waals surface area contributed by atoms with E-state index in [4.69, 9.17) is 0 Å². The van der Waals surface area contributed by atoms with Crippen LogP contribution in [0.25, 0.3) is 0 Å². The van der Waals surface area contributed by atoms with Crippen molar-refractivity contribution in [3.63, 3.8) is 0 Å². The van der Waals surface area contributed by atoms with E-state index in [2.05, 4.69) is 31.0 Å². The fourth-order valence-corrected chi connectivity index (χ4v) is 0.836. The lowest BCUT2D eigenvalue weighted by molar-refractivity contribution is 0.626. The largest absolute Gasteiger partial charge is 0.359 e. The Morgan fingerprint density at radius 3 is 2.85 bits per heavy atom. The number of aryl methyl sites for hydroxylation is 1. The molecule has 0 saturated carbocycles. The summed E-state index contributed by atoms with van der Waals surface area (Å²) >= 11 is 0. The molecule has 0 aromatic carbocycles. The highest BCUT2D eigenvalue weighted by Crippen LogP contribution is 1.82. The van der Waals surface area contributed by atoms with Crippen molar-refractivity contribution >= 4 is 5.96 Å². The number of aliphatic imine (C=N–C) groups is 1. The zero-order valence-electron chi connectivity index (χ0n) is 7.94. The first-order chi connectivity index (χ1) is 6.26. The molecular weight excluding hydrogens is 170 g/mol. The summed E-state index contributed by atoms with van der Waals surface area (Å²) in [6.07, 6.45) is 0. The van der Waals surface area contributed by atoms with Gasteiger partial charge in [-0.25, -0.2) is 0 Å². The van der Waals surface area contributed by atoms with Gasteiger partial charge >= 0.3 is 0 Å². The van der Waals surface area contributed by atoms with E-state index in [1.807, 2.05) is 0 Å². The number of nitrogens with one attached hydrogen (secondary N) is 2. The van der Waals surface area contributed by atoms with Crippen LogP contribution in [0.5, 0.6) is 0 Å². The normalized spacial score (nSPS) is 11.5. The number of guanidine groups is 1. The second-order valence-corrected chi connectivity index (χ2v) is 2.37. The lowest BCUT2D eigenvalue weighted by Crippen LogP contribution is -2.34. The molecule has 7 nitrogen and oxygen atoms in total. The Kier molecular flexibility index (Phi) is 3.18. The Balaban J connectivity index is 2.43. The minimum Gasteiger partial charge on any atom is -0.359 e. The minimum atomic E-state index is 0.515. The van der Waals surface area contributed by atoms with Crippen LogP contribution in [0.15, 0.2) is 4.99 Å². The maximum atomic E-state index is 4.00. The van der Waals surface area contributed by atoms with Gasteiger partial charge in [0.15, 0.2) is 11.8 Å². The molecule has 0 radical (unpaired) electrons. The molecule has 0 unspecified atom stereocenters. The predicted molar refractivity (Wildman–Crippen MR) is 48.1 cm³/mol. The van der Waals surface area contributed by atoms with Gasteiger partial charge in [-0.05, 0) is 5.21 Å². The number of tetrazole rings is 1. The van der Waals surface area contributed by atoms with Crippen LogP contribution in [-0.2, 0) is 13.6 Å². The van der Waals surface area contributed by atoms with E-state index >= 15 is 0 Å². The number of hydrogen-bond donors (Lipinski definition) is 2. The average Bonchev–Trinajstić information content (AvgIpc) is 2.53. The van der Waals surface area contributed by atoms with E-state index < -0.39 is 0 Å². The molecule has 0 amide bonds. The second-order valence-electron chi connectivity index (χ2n) is 2.37. The van der Waals surface area contributed by atoms with Crippen LogP contribution in [-0.4, -0.2) is 40.3 Å². The Hall–Kier alpha value is -1.66. The summed E-state index contributed by atoms with van der Waals surface area (Å²) in [6, 6.07) is 0. The van der Waals surface area contributed by atoms with Gasteiger partial charge in [-0.3, -0.25) is 4.99 Å². The topological polar surface area (TPSA) is 80.0 Å². The summed E-state index contributed by atoms with van der Waals surface area (Å²) in [7, 11) is 5.21. The summed E-state index contributed by atoms with van der Waals surface area (Å²) < 4.78 is 0. The molecule has 0 bridgehead atoms. The molecule has 13 heavy (non-hydrogen) atoms. The van der Waals surface area contributed by atoms with Crippen LogP contribution < -0.4 is 10.6 Å². The molecule has 0 aliphatic rings. The molecule has 0 saturated heterocycles. The SMILES string of the molecule is CN=C(NC)NCc1nnn(C)n1. The highest BCUT2D eigenvalue weighted by molar-refractivity contribution is 5.79. The van der Waals surface area contributed by atoms with Crippen LogP contribution in [0.3, 0.4) is 0 Å². The fourth-order valence-electron chi connectivity index (χ4n) is 0.836. The van der Waals surface area contributed by atoms with Gasteiger partial charge in [0.25, 0.3) is 0 Å². The van der Waals surface area contributed by atoms with Crippen molar-refractivity contribution in [3.05, 3.63) is 5.82 Å². The summed E-state index contributed by atoms with van der Waals surface area (Å²) in [5.74, 6) is 1.34. The van der Waals surface area contributed by atoms with Crippen molar-refractivity contribution in [2.45, 2.75) is 6.54 Å². The average molecular weight is 183 g/mol. The lowest BCUT2D eigenvalue weighted by Gasteiger charge is -2.04. The van der Waals surface area contributed by atoms with E-state index in [1.54, 1.807) is 21.1 Å². The first kappa shape index (κ1) is 9.43. The first-order valence-electron chi connectivity index (χ1n) is 3.87. The maximum Gasteiger partial charge on any atom is 0.193 e. The standard InChI is InChI=1S/C6H13N7/c1-7-6(8-2)9-4-5-10-12-13(3)11-5/h4H2,1-3H3,(H2,7,8,9). The Morgan fingerprint density at radius 1 is 1.62 bits per heavy atom. The summed E-state index contributed by atoms with van der Waals surface area (Å²) in [4.78, 5) is 5.36. The molecule has 2 N–H and O–H groups in total. The van der Waals surface area contributed by atoms with E-state index in [9.17, 15) is 0 Å². The molecule has 0 aliphatic heterocycles. The van der Waals surface area contributed by atoms with Crippen LogP contribution >= 0.6 is 0 Å². The highest BCUT2D eigenvalue weighted by Gasteiger charge is 2.00. The molecule has 0 atom stereocenters. The quantitative estimate of drug-likeness (QED) is 0.431. The minimum absolute atomic E-state index is 0.515. The second kappa shape index (κ2) is 4.39. The fraction of sp³-hybridized carbons (Fsp3) is 0.667. The van der Waals surface area contributed by atoms with E-state index in [0.29, 0.717) is 18.3 Å². The van der Waals surface area contributed by atoms with Gasteiger partial charge < -0.3 is 10.6 Å². The zero-order chi connectivity index (χ0) is 9.68. The van der Waals surface area contributed by atoms with E-state index in [-0.39, 0.29) is 0 Å². The molecule has 0 spiro atoms. The van der Waals surface area contributed by atoms with Gasteiger partial charge in [0.05, 0.1) is 13.6 Å². The molecule has 7 heteroatoms. The number of aromatic nitrogens is 4. The van der Waals surface area contributed by atoms with E-state index in [0.717, 1.165) is 0 Å². The van der Waals surface area contributed by atoms with Crippen molar-refractivity contribution in [2.75, 3.05) is 14.1 Å². The van der Waals surface area contributed by atoms with Crippen molar-refractivity contribution in [1.29, 1.82) is 0 Å². The van der Waals surface area contributed by atoms with Crippen molar-refractivity contribution < 1.29 is 0 Å². The lowest BCUT2D eigenvalue weighted by atomic mass is 10.6. The first-order valence-corrected chi connectivity index (χ1v) is 3.87. The van der Waals surface area contributed by atoms with Gasteiger partial charge in [0, 0.05) is 14.1 Å². The van der Waals surface area contributed by atoms with Crippen molar-refractivity contribution in [2.24, 2.45) is 12.0 Å². The molecule has 1 aromatic rings. The molecule has 1 aromatic heterocycles. The predicted octanol–water partition coefficient (Wildman–Crippen LogP) is -1.50. The third-order valence-electron chi connectivity index (χ3n) is 1.42. The summed E-state index contributed by atoms with van der Waals surface area (Å²) in [5.41, 5.74) is 0. The Morgan fingerprint density at radius 2 is 2.38 bits per heavy atom. The van der Waals surface area contributed by atoms with Gasteiger partial charge in [-0.1, -0.05) is 0 Å². The highest BCUT2D eigenvalue weighted by atomic mass is 15.6. The Labute approximate surface area is 76.2 Å². The zero-order valence-corrected chi connectivity index (χ0v) is 7.94. The number of nitrogens with zero attached hydrogens (tertiary/aromatic N) is 5. The third-order valence-corrected chi connectivity index (χ3v) is 1.42. The molecule has 1 heterocycles. The monoisotopic (exact) mass is 183 g/mol. The maximum absolute atomic E-state index is 4.00. The van der Waals surface area contributed by atoms with Crippen molar-refractivity contribution in [1.82, 2.24) is 30.8 Å². The van der Waals surface area contributed by atoms with E-state index in [1.165, 1.54) is 4.80 Å². The van der Waals surface area contributed by atoms with Crippen molar-refractivity contribution in [3.8, 4) is 0 Å². The summed E-state index contributed by atoms with van der Waals surface area (Å²) in [6.45, 7) is 0.515. The Bertz CT molecular complexity index is 289. The third kappa shape index (κ3) is 2.69. The van der Waals surface area contributed by atoms with Gasteiger partial charge in [0.2, 0.25) is 0 Å².